The van der Waals surface area contributed by atoms with Gasteiger partial charge >= 0.3 is 6.18 Å². The Morgan fingerprint density at radius 2 is 1.97 bits per heavy atom. The number of nitrogens with zero attached hydrogens (tertiary/aromatic N) is 5. The Kier molecular flexibility index (Phi) is 6.13. The van der Waals surface area contributed by atoms with Gasteiger partial charge in [-0.2, -0.15) is 22.7 Å². The second-order valence-electron chi connectivity index (χ2n) is 6.88. The molecule has 32 heavy (non-hydrogen) atoms. The average molecular weight is 452 g/mol. The van der Waals surface area contributed by atoms with Crippen molar-refractivity contribution < 1.29 is 22.9 Å². The molecule has 0 aliphatic heterocycles. The number of benzene rings is 1. The fourth-order valence-electron chi connectivity index (χ4n) is 3.11. The van der Waals surface area contributed by atoms with Crippen LogP contribution >= 0.6 is 0 Å². The number of nitrogen functional groups attached to an aromatic ring is 1. The molecule has 0 atom stereocenters. The number of fused-ring (bicyclic) bond motifs is 1. The number of hydrogen-bond acceptors (Lipinski definition) is 8. The summed E-state index contributed by atoms with van der Waals surface area (Å²) in [5.74, 6) is 0.0446. The number of rotatable bonds is 7. The van der Waals surface area contributed by atoms with Crippen molar-refractivity contribution in [1.29, 1.82) is 0 Å². The Labute approximate surface area is 179 Å². The van der Waals surface area contributed by atoms with Crippen LogP contribution in [0.4, 0.5) is 30.5 Å². The maximum atomic E-state index is 12.8. The van der Waals surface area contributed by atoms with Gasteiger partial charge in [-0.1, -0.05) is 0 Å². The number of halogens is 3. The second-order valence-corrected chi connectivity index (χ2v) is 6.88. The number of nitro groups is 1. The molecule has 0 bridgehead atoms. The van der Waals surface area contributed by atoms with Gasteiger partial charge in [-0.3, -0.25) is 14.9 Å². The van der Waals surface area contributed by atoms with Gasteiger partial charge in [0.2, 0.25) is 11.9 Å². The third-order valence-corrected chi connectivity index (χ3v) is 4.69. The topological polar surface area (TPSA) is 153 Å². The molecule has 0 saturated heterocycles. The first-order valence-corrected chi connectivity index (χ1v) is 9.32. The molecule has 0 aliphatic rings. The molecule has 1 amide bonds. The van der Waals surface area contributed by atoms with Crippen molar-refractivity contribution >= 4 is 29.0 Å². The van der Waals surface area contributed by atoms with Crippen molar-refractivity contribution in [2.45, 2.75) is 26.4 Å². The van der Waals surface area contributed by atoms with E-state index in [0.29, 0.717) is 28.8 Å². The summed E-state index contributed by atoms with van der Waals surface area (Å²) in [6.45, 7) is 3.63. The van der Waals surface area contributed by atoms with Gasteiger partial charge in [0.05, 0.1) is 16.9 Å². The van der Waals surface area contributed by atoms with Crippen molar-refractivity contribution in [3.05, 3.63) is 50.8 Å². The van der Waals surface area contributed by atoms with Gasteiger partial charge in [0.15, 0.2) is 0 Å². The molecule has 4 N–H and O–H groups in total. The standard InChI is InChI=1S/C18H19F3N8O3/c1-9-12(10(2)28-17(25-9)26-16(22)27-28)8-15(30)24-6-5-23-13-4-3-11(18(19,20)21)7-14(13)29(31)32/h3-4,7,23H,5-6,8H2,1-2H3,(H2,22,27)(H,24,30). The highest BCUT2D eigenvalue weighted by Gasteiger charge is 2.33. The van der Waals surface area contributed by atoms with Crippen molar-refractivity contribution in [2.75, 3.05) is 24.1 Å². The maximum absolute atomic E-state index is 12.8. The highest BCUT2D eigenvalue weighted by molar-refractivity contribution is 5.79. The van der Waals surface area contributed by atoms with Gasteiger partial charge in [0.1, 0.15) is 5.69 Å². The molecular weight excluding hydrogens is 433 g/mol. The summed E-state index contributed by atoms with van der Waals surface area (Å²) >= 11 is 0. The lowest BCUT2D eigenvalue weighted by molar-refractivity contribution is -0.384. The van der Waals surface area contributed by atoms with Gasteiger partial charge in [-0.25, -0.2) is 4.98 Å². The van der Waals surface area contributed by atoms with Crippen LogP contribution in [0.25, 0.3) is 5.78 Å². The summed E-state index contributed by atoms with van der Waals surface area (Å²) in [5.41, 5.74) is 5.57. The van der Waals surface area contributed by atoms with E-state index in [-0.39, 0.29) is 37.1 Å². The molecule has 11 nitrogen and oxygen atoms in total. The largest absolute Gasteiger partial charge is 0.416 e. The van der Waals surface area contributed by atoms with Crippen molar-refractivity contribution in [2.24, 2.45) is 0 Å². The van der Waals surface area contributed by atoms with E-state index in [4.69, 9.17) is 5.73 Å². The highest BCUT2D eigenvalue weighted by atomic mass is 19.4. The van der Waals surface area contributed by atoms with E-state index in [9.17, 15) is 28.1 Å². The van der Waals surface area contributed by atoms with Crippen LogP contribution in [0.15, 0.2) is 18.2 Å². The van der Waals surface area contributed by atoms with Crippen LogP contribution < -0.4 is 16.4 Å². The third kappa shape index (κ3) is 4.84. The van der Waals surface area contributed by atoms with Crippen LogP contribution in [0.3, 0.4) is 0 Å². The number of anilines is 2. The predicted octanol–water partition coefficient (Wildman–Crippen LogP) is 2.02. The Morgan fingerprint density at radius 1 is 1.25 bits per heavy atom. The molecule has 0 spiro atoms. The molecule has 3 aromatic rings. The van der Waals surface area contributed by atoms with Crippen molar-refractivity contribution in [1.82, 2.24) is 24.9 Å². The van der Waals surface area contributed by atoms with E-state index in [1.54, 1.807) is 13.8 Å². The minimum absolute atomic E-state index is 0.000792. The zero-order chi connectivity index (χ0) is 23.6. The lowest BCUT2D eigenvalue weighted by Crippen LogP contribution is -2.30. The number of carbonyl (C=O) groups is 1. The molecule has 3 rings (SSSR count). The van der Waals surface area contributed by atoms with Gasteiger partial charge in [0.25, 0.3) is 11.5 Å². The van der Waals surface area contributed by atoms with E-state index < -0.39 is 22.4 Å². The second kappa shape index (κ2) is 8.64. The first-order chi connectivity index (χ1) is 15.0. The van der Waals surface area contributed by atoms with Gasteiger partial charge in [-0.15, -0.1) is 5.10 Å². The third-order valence-electron chi connectivity index (χ3n) is 4.69. The predicted molar refractivity (Wildman–Crippen MR) is 108 cm³/mol. The molecule has 170 valence electrons. The number of aryl methyl sites for hydroxylation is 2. The van der Waals surface area contributed by atoms with E-state index in [1.165, 1.54) is 4.52 Å². The Morgan fingerprint density at radius 3 is 2.62 bits per heavy atom. The summed E-state index contributed by atoms with van der Waals surface area (Å²) in [4.78, 5) is 30.8. The monoisotopic (exact) mass is 452 g/mol. The van der Waals surface area contributed by atoms with E-state index in [0.717, 1.165) is 12.1 Å². The first kappa shape index (κ1) is 22.7. The van der Waals surface area contributed by atoms with Crippen LogP contribution in [0.5, 0.6) is 0 Å². The summed E-state index contributed by atoms with van der Waals surface area (Å²) < 4.78 is 39.8. The fraction of sp³-hybridized carbons (Fsp3) is 0.333. The van der Waals surface area contributed by atoms with E-state index in [2.05, 4.69) is 25.7 Å². The molecule has 14 heteroatoms. The smallest absolute Gasteiger partial charge is 0.378 e. The van der Waals surface area contributed by atoms with Crippen LogP contribution in [-0.2, 0) is 17.4 Å². The minimum Gasteiger partial charge on any atom is -0.378 e. The maximum Gasteiger partial charge on any atom is 0.416 e. The Bertz CT molecular complexity index is 1190. The zero-order valence-electron chi connectivity index (χ0n) is 17.0. The highest BCUT2D eigenvalue weighted by Crippen LogP contribution is 2.34. The first-order valence-electron chi connectivity index (χ1n) is 9.32. The van der Waals surface area contributed by atoms with E-state index in [1.807, 2.05) is 0 Å². The fourth-order valence-corrected chi connectivity index (χ4v) is 3.11. The normalized spacial score (nSPS) is 11.5. The van der Waals surface area contributed by atoms with Crippen molar-refractivity contribution in [3.8, 4) is 0 Å². The lowest BCUT2D eigenvalue weighted by atomic mass is 10.1. The molecule has 0 unspecified atom stereocenters. The van der Waals surface area contributed by atoms with Crippen LogP contribution in [0, 0.1) is 24.0 Å². The van der Waals surface area contributed by atoms with E-state index >= 15 is 0 Å². The molecule has 0 saturated carbocycles. The summed E-state index contributed by atoms with van der Waals surface area (Å²) in [5, 5.41) is 20.4. The molecule has 0 fully saturated rings. The summed E-state index contributed by atoms with van der Waals surface area (Å²) in [6, 6.07) is 2.20. The lowest BCUT2D eigenvalue weighted by Gasteiger charge is -2.12. The number of nitrogens with one attached hydrogen (secondary N) is 2. The van der Waals surface area contributed by atoms with Crippen molar-refractivity contribution in [3.63, 3.8) is 0 Å². The molecule has 1 aromatic carbocycles. The zero-order valence-corrected chi connectivity index (χ0v) is 17.0. The van der Waals surface area contributed by atoms with Gasteiger partial charge in [0, 0.05) is 36.1 Å². The summed E-state index contributed by atoms with van der Waals surface area (Å²) in [7, 11) is 0. The van der Waals surface area contributed by atoms with Crippen LogP contribution in [-0.4, -0.2) is 43.5 Å². The average Bonchev–Trinajstić information content (AvgIpc) is 3.08. The SMILES string of the molecule is Cc1nc2nc(N)nn2c(C)c1CC(=O)NCCNc1ccc(C(F)(F)F)cc1[N+](=O)[O-]. The number of aromatic nitrogens is 4. The number of nitro benzene ring substituents is 1. The Hall–Kier alpha value is -3.97. The molecule has 0 radical (unpaired) electrons. The molecular formula is C18H19F3N8O3. The van der Waals surface area contributed by atoms with Gasteiger partial charge < -0.3 is 16.4 Å². The number of carbonyl (C=O) groups excluding carboxylic acids is 1. The Balaban J connectivity index is 1.60. The van der Waals surface area contributed by atoms with Gasteiger partial charge in [-0.05, 0) is 26.0 Å². The minimum atomic E-state index is -4.69. The number of nitrogens with two attached hydrogens (primary N) is 1. The quantitative estimate of drug-likeness (QED) is 0.280. The number of alkyl halides is 3. The number of amides is 1. The van der Waals surface area contributed by atoms with Crippen LogP contribution in [0.1, 0.15) is 22.5 Å². The summed E-state index contributed by atoms with van der Waals surface area (Å²) in [6.07, 6.45) is -4.69. The molecule has 2 heterocycles. The number of hydrogen-bond donors (Lipinski definition) is 3. The van der Waals surface area contributed by atoms with Crippen LogP contribution in [0.2, 0.25) is 0 Å². The molecule has 0 aliphatic carbocycles. The molecule has 2 aromatic heterocycles.